The Balaban J connectivity index is 1.32. The van der Waals surface area contributed by atoms with Crippen molar-refractivity contribution in [2.45, 2.75) is 12.8 Å². The number of amides is 1. The van der Waals surface area contributed by atoms with Gasteiger partial charge in [0.1, 0.15) is 5.75 Å². The van der Waals surface area contributed by atoms with Crippen LogP contribution in [0.4, 0.5) is 0 Å². The van der Waals surface area contributed by atoms with Crippen LogP contribution in [0.15, 0.2) is 72.9 Å². The lowest BCUT2D eigenvalue weighted by Gasteiger charge is -2.07. The Bertz CT molecular complexity index is 1150. The number of aromatic amines is 1. The molecule has 1 heterocycles. The molecule has 4 rings (SSSR count). The van der Waals surface area contributed by atoms with Gasteiger partial charge in [0.05, 0.1) is 7.11 Å². The first-order chi connectivity index (χ1) is 14.6. The van der Waals surface area contributed by atoms with Gasteiger partial charge < -0.3 is 15.0 Å². The summed E-state index contributed by atoms with van der Waals surface area (Å²) in [6.07, 6.45) is 3.53. The zero-order chi connectivity index (χ0) is 20.9. The van der Waals surface area contributed by atoms with Crippen LogP contribution in [0.5, 0.6) is 5.75 Å². The molecule has 2 N–H and O–H groups in total. The molecule has 152 valence electrons. The van der Waals surface area contributed by atoms with Gasteiger partial charge in [-0.05, 0) is 72.0 Å². The molecule has 0 aliphatic heterocycles. The largest absolute Gasteiger partial charge is 0.497 e. The van der Waals surface area contributed by atoms with Crippen LogP contribution in [-0.2, 0) is 12.8 Å². The van der Waals surface area contributed by atoms with E-state index in [0.717, 1.165) is 40.6 Å². The van der Waals surface area contributed by atoms with Gasteiger partial charge in [-0.3, -0.25) is 4.79 Å². The molecule has 1 aromatic heterocycles. The molecule has 5 heteroatoms. The monoisotopic (exact) mass is 418 g/mol. The molecular formula is C25H23ClN2O2. The van der Waals surface area contributed by atoms with Crippen LogP contribution in [0.2, 0.25) is 5.02 Å². The fraction of sp³-hybridized carbons (Fsp3) is 0.160. The molecule has 1 amide bonds. The molecule has 0 bridgehead atoms. The van der Waals surface area contributed by atoms with E-state index in [-0.39, 0.29) is 5.91 Å². The first kappa shape index (κ1) is 20.0. The molecule has 4 nitrogen and oxygen atoms in total. The Morgan fingerprint density at radius 1 is 1.00 bits per heavy atom. The number of methoxy groups -OCH3 is 1. The quantitative estimate of drug-likeness (QED) is 0.422. The second-order valence-electron chi connectivity index (χ2n) is 7.23. The number of halogens is 1. The lowest BCUT2D eigenvalue weighted by Crippen LogP contribution is -2.25. The maximum absolute atomic E-state index is 12.5. The summed E-state index contributed by atoms with van der Waals surface area (Å²) in [6.45, 7) is 0.561. The molecule has 4 aromatic rings. The highest BCUT2D eigenvalue weighted by Gasteiger charge is 2.08. The summed E-state index contributed by atoms with van der Waals surface area (Å²) in [4.78, 5) is 15.7. The van der Waals surface area contributed by atoms with E-state index < -0.39 is 0 Å². The average Bonchev–Trinajstić information content (AvgIpc) is 3.17. The summed E-state index contributed by atoms with van der Waals surface area (Å²) in [7, 11) is 1.66. The van der Waals surface area contributed by atoms with Crippen molar-refractivity contribution in [3.63, 3.8) is 0 Å². The summed E-state index contributed by atoms with van der Waals surface area (Å²) in [6, 6.07) is 21.6. The van der Waals surface area contributed by atoms with E-state index in [1.165, 1.54) is 5.56 Å². The molecule has 0 unspecified atom stereocenters. The van der Waals surface area contributed by atoms with Crippen molar-refractivity contribution >= 4 is 28.4 Å². The molecule has 0 aliphatic rings. The third kappa shape index (κ3) is 4.66. The minimum Gasteiger partial charge on any atom is -0.497 e. The highest BCUT2D eigenvalue weighted by Crippen LogP contribution is 2.22. The fourth-order valence-corrected chi connectivity index (χ4v) is 3.70. The van der Waals surface area contributed by atoms with Gasteiger partial charge >= 0.3 is 0 Å². The van der Waals surface area contributed by atoms with Crippen molar-refractivity contribution in [3.8, 4) is 5.75 Å². The van der Waals surface area contributed by atoms with E-state index in [9.17, 15) is 4.79 Å². The van der Waals surface area contributed by atoms with Crippen molar-refractivity contribution in [2.24, 2.45) is 0 Å². The Labute approximate surface area is 180 Å². The molecule has 0 saturated carbocycles. The van der Waals surface area contributed by atoms with Crippen LogP contribution < -0.4 is 10.1 Å². The molecule has 0 atom stereocenters. The lowest BCUT2D eigenvalue weighted by atomic mass is 10.0. The van der Waals surface area contributed by atoms with Crippen molar-refractivity contribution < 1.29 is 9.53 Å². The number of H-pyrrole nitrogens is 1. The van der Waals surface area contributed by atoms with Crippen LogP contribution in [-0.4, -0.2) is 24.5 Å². The molecule has 0 radical (unpaired) electrons. The number of ether oxygens (including phenoxy) is 1. The number of hydrogen-bond acceptors (Lipinski definition) is 2. The minimum atomic E-state index is -0.0659. The zero-order valence-corrected chi connectivity index (χ0v) is 17.5. The van der Waals surface area contributed by atoms with E-state index in [1.54, 1.807) is 7.11 Å². The zero-order valence-electron chi connectivity index (χ0n) is 16.7. The third-order valence-electron chi connectivity index (χ3n) is 5.19. The first-order valence-electron chi connectivity index (χ1n) is 9.88. The van der Waals surface area contributed by atoms with Gasteiger partial charge in [0.15, 0.2) is 0 Å². The number of rotatable bonds is 7. The summed E-state index contributed by atoms with van der Waals surface area (Å²) in [5.74, 6) is 0.783. The van der Waals surface area contributed by atoms with E-state index in [1.807, 2.05) is 60.8 Å². The summed E-state index contributed by atoms with van der Waals surface area (Å²) < 4.78 is 5.19. The van der Waals surface area contributed by atoms with Crippen LogP contribution in [0.3, 0.4) is 0 Å². The molecule has 3 aromatic carbocycles. The van der Waals surface area contributed by atoms with Crippen LogP contribution in [0.25, 0.3) is 10.9 Å². The molecule has 0 spiro atoms. The van der Waals surface area contributed by atoms with E-state index in [4.69, 9.17) is 16.3 Å². The van der Waals surface area contributed by atoms with Crippen LogP contribution in [0.1, 0.15) is 27.0 Å². The summed E-state index contributed by atoms with van der Waals surface area (Å²) in [5.41, 5.74) is 5.21. The topological polar surface area (TPSA) is 54.1 Å². The van der Waals surface area contributed by atoms with Gasteiger partial charge in [0, 0.05) is 34.2 Å². The SMILES string of the molecule is COc1ccc(Cc2ccc(C(=O)NCCc3c[nH]c4ccc(Cl)cc34)cc2)cc1. The van der Waals surface area contributed by atoms with Gasteiger partial charge in [0.2, 0.25) is 0 Å². The number of aromatic nitrogens is 1. The lowest BCUT2D eigenvalue weighted by molar-refractivity contribution is 0.0954. The van der Waals surface area contributed by atoms with E-state index in [0.29, 0.717) is 17.1 Å². The predicted octanol–water partition coefficient (Wildman–Crippen LogP) is 5.39. The second-order valence-corrected chi connectivity index (χ2v) is 7.67. The second kappa shape index (κ2) is 9.06. The van der Waals surface area contributed by atoms with Gasteiger partial charge in [-0.25, -0.2) is 0 Å². The number of fused-ring (bicyclic) bond motifs is 1. The van der Waals surface area contributed by atoms with E-state index >= 15 is 0 Å². The number of hydrogen-bond donors (Lipinski definition) is 2. The Morgan fingerprint density at radius 2 is 1.70 bits per heavy atom. The molecule has 0 fully saturated rings. The summed E-state index contributed by atoms with van der Waals surface area (Å²) >= 11 is 6.10. The van der Waals surface area contributed by atoms with E-state index in [2.05, 4.69) is 22.4 Å². The number of nitrogens with one attached hydrogen (secondary N) is 2. The summed E-state index contributed by atoms with van der Waals surface area (Å²) in [5, 5.41) is 4.81. The van der Waals surface area contributed by atoms with Crippen molar-refractivity contribution in [2.75, 3.05) is 13.7 Å². The number of carbonyl (C=O) groups is 1. The normalized spacial score (nSPS) is 10.9. The number of carbonyl (C=O) groups excluding carboxylic acids is 1. The van der Waals surface area contributed by atoms with Gasteiger partial charge in [-0.15, -0.1) is 0 Å². The highest BCUT2D eigenvalue weighted by atomic mass is 35.5. The smallest absolute Gasteiger partial charge is 0.251 e. The van der Waals surface area contributed by atoms with Crippen LogP contribution in [0, 0.1) is 0 Å². The maximum atomic E-state index is 12.5. The van der Waals surface area contributed by atoms with Gasteiger partial charge in [-0.1, -0.05) is 35.9 Å². The third-order valence-corrected chi connectivity index (χ3v) is 5.43. The average molecular weight is 419 g/mol. The fourth-order valence-electron chi connectivity index (χ4n) is 3.52. The highest BCUT2D eigenvalue weighted by molar-refractivity contribution is 6.31. The Hall–Kier alpha value is -3.24. The van der Waals surface area contributed by atoms with Gasteiger partial charge in [0.25, 0.3) is 5.91 Å². The minimum absolute atomic E-state index is 0.0659. The molecule has 0 saturated heterocycles. The Kier molecular flexibility index (Phi) is 6.05. The molecule has 0 aliphatic carbocycles. The maximum Gasteiger partial charge on any atom is 0.251 e. The van der Waals surface area contributed by atoms with Crippen molar-refractivity contribution in [1.82, 2.24) is 10.3 Å². The standard InChI is InChI=1S/C25H23ClN2O2/c1-30-22-9-4-18(5-10-22)14-17-2-6-19(7-3-17)25(29)27-13-12-20-16-28-24-11-8-21(26)15-23(20)24/h2-11,15-16,28H,12-14H2,1H3,(H,27,29). The molecule has 30 heavy (non-hydrogen) atoms. The van der Waals surface area contributed by atoms with Gasteiger partial charge in [-0.2, -0.15) is 0 Å². The molecular weight excluding hydrogens is 396 g/mol. The van der Waals surface area contributed by atoms with Crippen molar-refractivity contribution in [3.05, 3.63) is 100 Å². The predicted molar refractivity (Wildman–Crippen MR) is 122 cm³/mol. The Morgan fingerprint density at radius 3 is 2.40 bits per heavy atom. The van der Waals surface area contributed by atoms with Crippen LogP contribution >= 0.6 is 11.6 Å². The number of benzene rings is 3. The first-order valence-corrected chi connectivity index (χ1v) is 10.3. The van der Waals surface area contributed by atoms with Crippen molar-refractivity contribution in [1.29, 1.82) is 0 Å².